The molecule has 0 spiro atoms. The number of aryl methyl sites for hydroxylation is 3. The summed E-state index contributed by atoms with van der Waals surface area (Å²) in [4.78, 5) is 4.89. The fraction of sp³-hybridized carbons (Fsp3) is 0.421. The minimum absolute atomic E-state index is 0.845. The predicted octanol–water partition coefficient (Wildman–Crippen LogP) is 2.63. The zero-order valence-corrected chi connectivity index (χ0v) is 15.1. The van der Waals surface area contributed by atoms with Crippen LogP contribution in [0.3, 0.4) is 0 Å². The van der Waals surface area contributed by atoms with E-state index >= 15 is 0 Å². The van der Waals surface area contributed by atoms with E-state index in [4.69, 9.17) is 0 Å². The normalized spacial score (nSPS) is 15.2. The topological polar surface area (TPSA) is 49.6 Å². The first-order valence-electron chi connectivity index (χ1n) is 8.93. The molecule has 0 N–H and O–H groups in total. The smallest absolute Gasteiger partial charge is 0.200 e. The van der Waals surface area contributed by atoms with Gasteiger partial charge in [0.1, 0.15) is 6.33 Å². The molecule has 0 aliphatic carbocycles. The first kappa shape index (κ1) is 15.9. The van der Waals surface area contributed by atoms with E-state index < -0.39 is 0 Å². The Balaban J connectivity index is 1.57. The number of aromatic nitrogens is 4. The quantitative estimate of drug-likeness (QED) is 0.736. The van der Waals surface area contributed by atoms with Gasteiger partial charge in [0.2, 0.25) is 5.65 Å². The van der Waals surface area contributed by atoms with Crippen molar-refractivity contribution >= 4 is 17.0 Å². The molecule has 1 aliphatic rings. The van der Waals surface area contributed by atoms with E-state index in [1.54, 1.807) is 10.8 Å². The van der Waals surface area contributed by atoms with Gasteiger partial charge in [0, 0.05) is 31.9 Å². The second-order valence-electron chi connectivity index (χ2n) is 6.74. The van der Waals surface area contributed by atoms with Gasteiger partial charge >= 0.3 is 0 Å². The third-order valence-electron chi connectivity index (χ3n) is 4.97. The highest BCUT2D eigenvalue weighted by molar-refractivity contribution is 5.69. The monoisotopic (exact) mass is 336 g/mol. The molecule has 6 nitrogen and oxygen atoms in total. The standard InChI is InChI=1S/C19H24N6/c1-4-16-12-18(19-21-20-13-25(19)22-16)24-9-7-23(8-10-24)17-6-5-14(2)11-15(17)3/h5-6,11-13H,4,7-10H2,1-3H3. The summed E-state index contributed by atoms with van der Waals surface area (Å²) < 4.78 is 1.80. The molecule has 3 heterocycles. The number of fused-ring (bicyclic) bond motifs is 1. The van der Waals surface area contributed by atoms with Crippen LogP contribution in [0.15, 0.2) is 30.6 Å². The summed E-state index contributed by atoms with van der Waals surface area (Å²) in [5.41, 5.74) is 7.08. The summed E-state index contributed by atoms with van der Waals surface area (Å²) in [6.45, 7) is 10.4. The molecule has 1 aliphatic heterocycles. The zero-order chi connectivity index (χ0) is 17.4. The molecule has 2 aromatic heterocycles. The van der Waals surface area contributed by atoms with E-state index in [-0.39, 0.29) is 0 Å². The van der Waals surface area contributed by atoms with Crippen LogP contribution in [-0.2, 0) is 6.42 Å². The summed E-state index contributed by atoms with van der Waals surface area (Å²) in [5.74, 6) is 0. The molecule has 0 bridgehead atoms. The van der Waals surface area contributed by atoms with Gasteiger partial charge in [-0.25, -0.2) is 0 Å². The fourth-order valence-electron chi connectivity index (χ4n) is 3.62. The Hall–Kier alpha value is -2.63. The van der Waals surface area contributed by atoms with Gasteiger partial charge in [-0.05, 0) is 38.0 Å². The van der Waals surface area contributed by atoms with Crippen molar-refractivity contribution in [2.45, 2.75) is 27.2 Å². The van der Waals surface area contributed by atoms with Gasteiger partial charge in [-0.15, -0.1) is 10.2 Å². The molecule has 0 radical (unpaired) electrons. The molecule has 0 amide bonds. The molecule has 6 heteroatoms. The largest absolute Gasteiger partial charge is 0.368 e. The van der Waals surface area contributed by atoms with Crippen molar-refractivity contribution in [3.05, 3.63) is 47.4 Å². The van der Waals surface area contributed by atoms with Crippen molar-refractivity contribution in [1.29, 1.82) is 0 Å². The van der Waals surface area contributed by atoms with Crippen LogP contribution in [-0.4, -0.2) is 46.0 Å². The van der Waals surface area contributed by atoms with E-state index in [0.717, 1.165) is 49.6 Å². The highest BCUT2D eigenvalue weighted by Crippen LogP contribution is 2.26. The maximum Gasteiger partial charge on any atom is 0.200 e. The zero-order valence-electron chi connectivity index (χ0n) is 15.1. The number of piperazine rings is 1. The first-order valence-corrected chi connectivity index (χ1v) is 8.93. The summed E-state index contributed by atoms with van der Waals surface area (Å²) in [6, 6.07) is 8.87. The molecule has 0 unspecified atom stereocenters. The van der Waals surface area contributed by atoms with Gasteiger partial charge < -0.3 is 9.80 Å². The Morgan fingerprint density at radius 2 is 1.68 bits per heavy atom. The number of benzene rings is 1. The van der Waals surface area contributed by atoms with Crippen molar-refractivity contribution < 1.29 is 0 Å². The molecule has 3 aromatic rings. The predicted molar refractivity (Wildman–Crippen MR) is 101 cm³/mol. The molecule has 1 fully saturated rings. The third-order valence-corrected chi connectivity index (χ3v) is 4.97. The maximum atomic E-state index is 4.55. The molecule has 1 aromatic carbocycles. The second-order valence-corrected chi connectivity index (χ2v) is 6.74. The van der Waals surface area contributed by atoms with Gasteiger partial charge in [0.25, 0.3) is 0 Å². The Kier molecular flexibility index (Phi) is 4.03. The molecule has 130 valence electrons. The second kappa shape index (κ2) is 6.35. The van der Waals surface area contributed by atoms with E-state index in [2.05, 4.69) is 70.1 Å². The van der Waals surface area contributed by atoms with Crippen molar-refractivity contribution in [2.75, 3.05) is 36.0 Å². The van der Waals surface area contributed by atoms with E-state index in [1.165, 1.54) is 16.8 Å². The minimum atomic E-state index is 0.845. The number of anilines is 2. The molecule has 0 saturated carbocycles. The molecule has 25 heavy (non-hydrogen) atoms. The van der Waals surface area contributed by atoms with E-state index in [1.807, 2.05) is 0 Å². The van der Waals surface area contributed by atoms with Crippen LogP contribution in [0.1, 0.15) is 23.7 Å². The van der Waals surface area contributed by atoms with Crippen molar-refractivity contribution in [3.8, 4) is 0 Å². The Bertz CT molecular complexity index is 892. The fourth-order valence-corrected chi connectivity index (χ4v) is 3.62. The lowest BCUT2D eigenvalue weighted by Gasteiger charge is -2.38. The average molecular weight is 336 g/mol. The summed E-state index contributed by atoms with van der Waals surface area (Å²) in [5, 5.41) is 12.8. The number of nitrogens with zero attached hydrogens (tertiary/aromatic N) is 6. The summed E-state index contributed by atoms with van der Waals surface area (Å²) >= 11 is 0. The van der Waals surface area contributed by atoms with Crippen LogP contribution in [0, 0.1) is 13.8 Å². The van der Waals surface area contributed by atoms with E-state index in [0.29, 0.717) is 0 Å². The first-order chi connectivity index (χ1) is 12.2. The van der Waals surface area contributed by atoms with Crippen molar-refractivity contribution in [1.82, 2.24) is 19.8 Å². The lowest BCUT2D eigenvalue weighted by atomic mass is 10.1. The van der Waals surface area contributed by atoms with Crippen molar-refractivity contribution in [2.24, 2.45) is 0 Å². The molecule has 0 atom stereocenters. The van der Waals surface area contributed by atoms with Gasteiger partial charge in [-0.2, -0.15) is 9.61 Å². The van der Waals surface area contributed by atoms with Crippen LogP contribution < -0.4 is 9.80 Å². The molecule has 1 saturated heterocycles. The summed E-state index contributed by atoms with van der Waals surface area (Å²) in [7, 11) is 0. The minimum Gasteiger partial charge on any atom is -0.368 e. The van der Waals surface area contributed by atoms with Crippen LogP contribution in [0.5, 0.6) is 0 Å². The van der Waals surface area contributed by atoms with Gasteiger partial charge in [0.15, 0.2) is 0 Å². The maximum absolute atomic E-state index is 4.55. The summed E-state index contributed by atoms with van der Waals surface area (Å²) in [6.07, 6.45) is 2.59. The number of hydrogen-bond donors (Lipinski definition) is 0. The van der Waals surface area contributed by atoms with E-state index in [9.17, 15) is 0 Å². The molecular weight excluding hydrogens is 312 g/mol. The molecule has 4 rings (SSSR count). The SMILES string of the molecule is CCc1cc(N2CCN(c3ccc(C)cc3C)CC2)c2nncn2n1. The average Bonchev–Trinajstić information content (AvgIpc) is 3.09. The van der Waals surface area contributed by atoms with Crippen LogP contribution >= 0.6 is 0 Å². The Morgan fingerprint density at radius 1 is 0.960 bits per heavy atom. The Labute approximate surface area is 148 Å². The van der Waals surface area contributed by atoms with Crippen LogP contribution in [0.2, 0.25) is 0 Å². The molecular formula is C19H24N6. The van der Waals surface area contributed by atoms with Gasteiger partial charge in [-0.3, -0.25) is 0 Å². The highest BCUT2D eigenvalue weighted by Gasteiger charge is 2.21. The third kappa shape index (κ3) is 2.92. The Morgan fingerprint density at radius 3 is 2.36 bits per heavy atom. The van der Waals surface area contributed by atoms with Gasteiger partial charge in [-0.1, -0.05) is 24.6 Å². The van der Waals surface area contributed by atoms with Gasteiger partial charge in [0.05, 0.1) is 11.4 Å². The lowest BCUT2D eigenvalue weighted by molar-refractivity contribution is 0.650. The number of rotatable bonds is 3. The lowest BCUT2D eigenvalue weighted by Crippen LogP contribution is -2.47. The van der Waals surface area contributed by atoms with Crippen molar-refractivity contribution in [3.63, 3.8) is 0 Å². The highest BCUT2D eigenvalue weighted by atomic mass is 15.4. The van der Waals surface area contributed by atoms with Crippen LogP contribution in [0.4, 0.5) is 11.4 Å². The van der Waals surface area contributed by atoms with Crippen LogP contribution in [0.25, 0.3) is 5.65 Å². The number of hydrogen-bond acceptors (Lipinski definition) is 5.